The van der Waals surface area contributed by atoms with Gasteiger partial charge in [0.25, 0.3) is 0 Å². The average Bonchev–Trinajstić information content (AvgIpc) is 3.41. The van der Waals surface area contributed by atoms with E-state index in [2.05, 4.69) is 5.32 Å². The fraction of sp³-hybridized carbons (Fsp3) is 0.579. The molecule has 1 amide bonds. The predicted molar refractivity (Wildman–Crippen MR) is 87.9 cm³/mol. The van der Waals surface area contributed by atoms with Crippen molar-refractivity contribution in [2.45, 2.75) is 51.0 Å². The Bertz CT molecular complexity index is 537. The summed E-state index contributed by atoms with van der Waals surface area (Å²) >= 11 is 0. The highest BCUT2D eigenvalue weighted by Gasteiger charge is 2.45. The summed E-state index contributed by atoms with van der Waals surface area (Å²) < 4.78 is 0. The minimum Gasteiger partial charge on any atom is -0.481 e. The monoisotopic (exact) mass is 315 g/mol. The van der Waals surface area contributed by atoms with Gasteiger partial charge in [0.15, 0.2) is 0 Å². The maximum Gasteiger partial charge on any atom is 0.303 e. The van der Waals surface area contributed by atoms with Gasteiger partial charge in [0.2, 0.25) is 5.91 Å². The molecule has 124 valence electrons. The third-order valence-corrected chi connectivity index (χ3v) is 4.94. The molecule has 1 unspecified atom stereocenters. The van der Waals surface area contributed by atoms with E-state index in [-0.39, 0.29) is 24.3 Å². The fourth-order valence-electron chi connectivity index (χ4n) is 3.44. The zero-order valence-electron chi connectivity index (χ0n) is 13.4. The van der Waals surface area contributed by atoms with Crippen LogP contribution in [0.3, 0.4) is 0 Å². The first-order valence-electron chi connectivity index (χ1n) is 8.69. The maximum atomic E-state index is 12.7. The van der Waals surface area contributed by atoms with E-state index in [0.717, 1.165) is 5.56 Å². The van der Waals surface area contributed by atoms with E-state index in [1.54, 1.807) is 0 Å². The number of carbonyl (C=O) groups is 2. The SMILES string of the molecule is O=C(O)CCC(Cc1ccccc1)NC(=O)C(C1CC1)C1CC1. The lowest BCUT2D eigenvalue weighted by Gasteiger charge is -2.22. The highest BCUT2D eigenvalue weighted by molar-refractivity contribution is 5.80. The van der Waals surface area contributed by atoms with Crippen LogP contribution >= 0.6 is 0 Å². The molecule has 2 fully saturated rings. The van der Waals surface area contributed by atoms with Crippen LogP contribution in [0.4, 0.5) is 0 Å². The van der Waals surface area contributed by atoms with E-state index < -0.39 is 5.97 Å². The molecule has 0 aromatic heterocycles. The second-order valence-electron chi connectivity index (χ2n) is 7.03. The van der Waals surface area contributed by atoms with Gasteiger partial charge in [0.05, 0.1) is 0 Å². The third kappa shape index (κ3) is 4.81. The van der Waals surface area contributed by atoms with Crippen LogP contribution in [0.1, 0.15) is 44.1 Å². The number of aliphatic carboxylic acids is 1. The molecule has 4 nitrogen and oxygen atoms in total. The van der Waals surface area contributed by atoms with Crippen molar-refractivity contribution >= 4 is 11.9 Å². The second-order valence-corrected chi connectivity index (χ2v) is 7.03. The molecular formula is C19H25NO3. The van der Waals surface area contributed by atoms with Crippen LogP contribution in [-0.2, 0) is 16.0 Å². The van der Waals surface area contributed by atoms with Crippen molar-refractivity contribution in [2.24, 2.45) is 17.8 Å². The molecule has 2 saturated carbocycles. The summed E-state index contributed by atoms with van der Waals surface area (Å²) in [5.74, 6) is 0.649. The van der Waals surface area contributed by atoms with Crippen molar-refractivity contribution in [3.8, 4) is 0 Å². The van der Waals surface area contributed by atoms with Crippen LogP contribution < -0.4 is 5.32 Å². The normalized spacial score (nSPS) is 18.7. The Labute approximate surface area is 137 Å². The molecule has 0 radical (unpaired) electrons. The largest absolute Gasteiger partial charge is 0.481 e. The lowest BCUT2D eigenvalue weighted by atomic mass is 9.95. The number of carboxylic acids is 1. The number of benzene rings is 1. The highest BCUT2D eigenvalue weighted by Crippen LogP contribution is 2.49. The zero-order chi connectivity index (χ0) is 16.2. The molecule has 0 saturated heterocycles. The van der Waals surface area contributed by atoms with E-state index in [9.17, 15) is 9.59 Å². The van der Waals surface area contributed by atoms with Gasteiger partial charge in [-0.3, -0.25) is 9.59 Å². The molecule has 2 aliphatic rings. The minimum atomic E-state index is -0.807. The van der Waals surface area contributed by atoms with Gasteiger partial charge in [0.1, 0.15) is 0 Å². The first-order valence-corrected chi connectivity index (χ1v) is 8.69. The lowest BCUT2D eigenvalue weighted by molar-refractivity contribution is -0.137. The summed E-state index contributed by atoms with van der Waals surface area (Å²) in [4.78, 5) is 23.6. The lowest BCUT2D eigenvalue weighted by Crippen LogP contribution is -2.41. The van der Waals surface area contributed by atoms with Crippen molar-refractivity contribution in [2.75, 3.05) is 0 Å². The molecule has 1 atom stereocenters. The van der Waals surface area contributed by atoms with Crippen LogP contribution in [0.5, 0.6) is 0 Å². The molecule has 0 bridgehead atoms. The first kappa shape index (κ1) is 16.0. The van der Waals surface area contributed by atoms with Gasteiger partial charge in [-0.05, 0) is 55.9 Å². The Morgan fingerprint density at radius 2 is 1.70 bits per heavy atom. The number of nitrogens with one attached hydrogen (secondary N) is 1. The zero-order valence-corrected chi connectivity index (χ0v) is 13.4. The molecule has 4 heteroatoms. The van der Waals surface area contributed by atoms with Crippen molar-refractivity contribution in [3.63, 3.8) is 0 Å². The topological polar surface area (TPSA) is 66.4 Å². The Kier molecular flexibility index (Phi) is 4.99. The van der Waals surface area contributed by atoms with Gasteiger partial charge >= 0.3 is 5.97 Å². The van der Waals surface area contributed by atoms with Gasteiger partial charge in [-0.15, -0.1) is 0 Å². The molecule has 1 aromatic rings. The molecular weight excluding hydrogens is 290 g/mol. The number of carbonyl (C=O) groups excluding carboxylic acids is 1. The summed E-state index contributed by atoms with van der Waals surface area (Å²) in [5, 5.41) is 12.1. The number of amides is 1. The Balaban J connectivity index is 1.61. The van der Waals surface area contributed by atoms with Crippen LogP contribution in [0.2, 0.25) is 0 Å². The number of hydrogen-bond acceptors (Lipinski definition) is 2. The van der Waals surface area contributed by atoms with Crippen molar-refractivity contribution in [1.29, 1.82) is 0 Å². The average molecular weight is 315 g/mol. The molecule has 23 heavy (non-hydrogen) atoms. The van der Waals surface area contributed by atoms with Crippen molar-refractivity contribution in [3.05, 3.63) is 35.9 Å². The Hall–Kier alpha value is -1.84. The smallest absolute Gasteiger partial charge is 0.303 e. The molecule has 0 aliphatic heterocycles. The summed E-state index contributed by atoms with van der Waals surface area (Å²) in [6.07, 6.45) is 5.97. The Morgan fingerprint density at radius 3 is 2.22 bits per heavy atom. The van der Waals surface area contributed by atoms with Crippen molar-refractivity contribution < 1.29 is 14.7 Å². The molecule has 2 aliphatic carbocycles. The van der Waals surface area contributed by atoms with E-state index in [0.29, 0.717) is 24.7 Å². The van der Waals surface area contributed by atoms with Crippen molar-refractivity contribution in [1.82, 2.24) is 5.32 Å². The van der Waals surface area contributed by atoms with E-state index in [4.69, 9.17) is 5.11 Å². The number of hydrogen-bond donors (Lipinski definition) is 2. The van der Waals surface area contributed by atoms with Crippen LogP contribution in [0.15, 0.2) is 30.3 Å². The molecule has 0 heterocycles. The third-order valence-electron chi connectivity index (χ3n) is 4.94. The highest BCUT2D eigenvalue weighted by atomic mass is 16.4. The first-order chi connectivity index (χ1) is 11.1. The summed E-state index contributed by atoms with van der Waals surface area (Å²) in [5.41, 5.74) is 1.14. The summed E-state index contributed by atoms with van der Waals surface area (Å²) in [7, 11) is 0. The molecule has 1 aromatic carbocycles. The number of carboxylic acid groups (broad SMARTS) is 1. The van der Waals surface area contributed by atoms with Gasteiger partial charge in [0, 0.05) is 18.4 Å². The van der Waals surface area contributed by atoms with E-state index in [1.807, 2.05) is 30.3 Å². The summed E-state index contributed by atoms with van der Waals surface area (Å²) in [6, 6.07) is 9.87. The fourth-order valence-corrected chi connectivity index (χ4v) is 3.44. The Morgan fingerprint density at radius 1 is 1.09 bits per heavy atom. The molecule has 2 N–H and O–H groups in total. The molecule has 3 rings (SSSR count). The van der Waals surface area contributed by atoms with Crippen LogP contribution in [-0.4, -0.2) is 23.0 Å². The van der Waals surface area contributed by atoms with E-state index >= 15 is 0 Å². The van der Waals surface area contributed by atoms with Gasteiger partial charge in [-0.25, -0.2) is 0 Å². The predicted octanol–water partition coefficient (Wildman–Crippen LogP) is 3.01. The number of rotatable bonds is 9. The standard InChI is InChI=1S/C19H25NO3/c21-17(22)11-10-16(12-13-4-2-1-3-5-13)20-19(23)18(14-6-7-14)15-8-9-15/h1-5,14-16,18H,6-12H2,(H,20,23)(H,21,22). The minimum absolute atomic E-state index is 0.0926. The quantitative estimate of drug-likeness (QED) is 0.736. The molecule has 0 spiro atoms. The summed E-state index contributed by atoms with van der Waals surface area (Å²) in [6.45, 7) is 0. The van der Waals surface area contributed by atoms with Crippen LogP contribution in [0.25, 0.3) is 0 Å². The van der Waals surface area contributed by atoms with Crippen LogP contribution in [0, 0.1) is 17.8 Å². The maximum absolute atomic E-state index is 12.7. The van der Waals surface area contributed by atoms with Gasteiger partial charge in [-0.1, -0.05) is 30.3 Å². The second kappa shape index (κ2) is 7.16. The van der Waals surface area contributed by atoms with E-state index in [1.165, 1.54) is 25.7 Å². The van der Waals surface area contributed by atoms with Gasteiger partial charge in [-0.2, -0.15) is 0 Å². The van der Waals surface area contributed by atoms with Gasteiger partial charge < -0.3 is 10.4 Å².